The highest BCUT2D eigenvalue weighted by Crippen LogP contribution is 2.29. The Morgan fingerprint density at radius 2 is 1.74 bits per heavy atom. The summed E-state index contributed by atoms with van der Waals surface area (Å²) < 4.78 is 12.8. The maximum absolute atomic E-state index is 13.4. The van der Waals surface area contributed by atoms with Crippen LogP contribution in [0.5, 0.6) is 5.75 Å². The third-order valence-corrected chi connectivity index (χ3v) is 6.60. The van der Waals surface area contributed by atoms with Crippen molar-refractivity contribution >= 4 is 34.3 Å². The van der Waals surface area contributed by atoms with Crippen LogP contribution in [-0.2, 0) is 5.75 Å². The minimum atomic E-state index is -0.128. The van der Waals surface area contributed by atoms with Gasteiger partial charge in [0.25, 0.3) is 5.56 Å². The average Bonchev–Trinajstić information content (AvgIpc) is 3.24. The van der Waals surface area contributed by atoms with Crippen molar-refractivity contribution in [1.29, 1.82) is 0 Å². The van der Waals surface area contributed by atoms with Gasteiger partial charge in [-0.15, -0.1) is 0 Å². The second-order valence-electron chi connectivity index (χ2n) is 7.57. The van der Waals surface area contributed by atoms with Crippen molar-refractivity contribution in [2.24, 2.45) is 0 Å². The van der Waals surface area contributed by atoms with Gasteiger partial charge >= 0.3 is 0 Å². The highest BCUT2D eigenvalue weighted by Gasteiger charge is 2.17. The first-order valence-electron chi connectivity index (χ1n) is 10.5. The number of oxazole rings is 1. The molecule has 0 aliphatic heterocycles. The van der Waals surface area contributed by atoms with Crippen LogP contribution in [0, 0.1) is 6.92 Å². The number of ether oxygens (including phenoxy) is 1. The van der Waals surface area contributed by atoms with Gasteiger partial charge in [-0.25, -0.2) is 9.97 Å². The number of nitrogens with zero attached hydrogens (tertiary/aromatic N) is 3. The Balaban J connectivity index is 1.52. The minimum Gasteiger partial charge on any atom is -0.497 e. The molecule has 0 aliphatic carbocycles. The van der Waals surface area contributed by atoms with E-state index in [-0.39, 0.29) is 5.56 Å². The number of aryl methyl sites for hydroxylation is 1. The van der Waals surface area contributed by atoms with Crippen molar-refractivity contribution in [3.8, 4) is 22.9 Å². The van der Waals surface area contributed by atoms with Gasteiger partial charge in [0.15, 0.2) is 5.16 Å². The van der Waals surface area contributed by atoms with E-state index in [1.165, 1.54) is 11.8 Å². The molecule has 0 fully saturated rings. The fraction of sp³-hybridized carbons (Fsp3) is 0.115. The van der Waals surface area contributed by atoms with Gasteiger partial charge in [-0.3, -0.25) is 9.36 Å². The molecule has 2 heterocycles. The first-order valence-corrected chi connectivity index (χ1v) is 11.9. The van der Waals surface area contributed by atoms with Crippen LogP contribution in [0.4, 0.5) is 0 Å². The quantitative estimate of drug-likeness (QED) is 0.206. The molecule has 5 rings (SSSR count). The van der Waals surface area contributed by atoms with Crippen LogP contribution in [0.25, 0.3) is 28.0 Å². The zero-order chi connectivity index (χ0) is 23.7. The van der Waals surface area contributed by atoms with E-state index in [1.807, 2.05) is 61.5 Å². The molecular formula is C26H20ClN3O3S. The van der Waals surface area contributed by atoms with Crippen LogP contribution >= 0.6 is 23.4 Å². The van der Waals surface area contributed by atoms with Crippen LogP contribution in [0.1, 0.15) is 11.5 Å². The Bertz CT molecular complexity index is 1530. The van der Waals surface area contributed by atoms with Gasteiger partial charge < -0.3 is 9.15 Å². The van der Waals surface area contributed by atoms with E-state index >= 15 is 0 Å². The minimum absolute atomic E-state index is 0.128. The van der Waals surface area contributed by atoms with Crippen LogP contribution in [0.15, 0.2) is 87.2 Å². The lowest BCUT2D eigenvalue weighted by Crippen LogP contribution is -2.21. The zero-order valence-corrected chi connectivity index (χ0v) is 20.1. The predicted molar refractivity (Wildman–Crippen MR) is 135 cm³/mol. The van der Waals surface area contributed by atoms with Gasteiger partial charge in [0, 0.05) is 16.3 Å². The zero-order valence-electron chi connectivity index (χ0n) is 18.5. The smallest absolute Gasteiger partial charge is 0.266 e. The molecule has 0 unspecified atom stereocenters. The highest BCUT2D eigenvalue weighted by atomic mass is 35.5. The van der Waals surface area contributed by atoms with Crippen molar-refractivity contribution in [3.05, 3.63) is 99.6 Å². The molecule has 5 aromatic rings. The maximum atomic E-state index is 13.4. The van der Waals surface area contributed by atoms with Crippen molar-refractivity contribution in [2.75, 3.05) is 7.11 Å². The van der Waals surface area contributed by atoms with Crippen molar-refractivity contribution in [1.82, 2.24) is 14.5 Å². The molecule has 6 nitrogen and oxygen atoms in total. The Morgan fingerprint density at radius 1 is 1.00 bits per heavy atom. The van der Waals surface area contributed by atoms with Gasteiger partial charge in [-0.1, -0.05) is 35.5 Å². The lowest BCUT2D eigenvalue weighted by Gasteiger charge is -2.13. The molecule has 0 saturated carbocycles. The molecule has 170 valence electrons. The summed E-state index contributed by atoms with van der Waals surface area (Å²) in [5.41, 5.74) is 2.88. The largest absolute Gasteiger partial charge is 0.497 e. The van der Waals surface area contributed by atoms with E-state index in [0.717, 1.165) is 17.0 Å². The molecule has 0 atom stereocenters. The van der Waals surface area contributed by atoms with Crippen LogP contribution in [0.3, 0.4) is 0 Å². The molecule has 0 radical (unpaired) electrons. The van der Waals surface area contributed by atoms with E-state index in [2.05, 4.69) is 4.98 Å². The average molecular weight is 490 g/mol. The molecule has 0 aliphatic rings. The molecule has 0 amide bonds. The molecule has 0 saturated heterocycles. The fourth-order valence-corrected chi connectivity index (χ4v) is 4.72. The summed E-state index contributed by atoms with van der Waals surface area (Å²) in [5, 5.41) is 1.79. The second-order valence-corrected chi connectivity index (χ2v) is 8.95. The Morgan fingerprint density at radius 3 is 2.47 bits per heavy atom. The Labute approximate surface area is 205 Å². The number of aromatic nitrogens is 3. The molecule has 8 heteroatoms. The van der Waals surface area contributed by atoms with Gasteiger partial charge in [-0.05, 0) is 67.6 Å². The maximum Gasteiger partial charge on any atom is 0.266 e. The third-order valence-electron chi connectivity index (χ3n) is 5.40. The number of halogens is 1. The third kappa shape index (κ3) is 4.32. The van der Waals surface area contributed by atoms with Gasteiger partial charge in [0.1, 0.15) is 11.5 Å². The normalized spacial score (nSPS) is 11.1. The summed E-state index contributed by atoms with van der Waals surface area (Å²) in [4.78, 5) is 22.9. The number of fused-ring (bicyclic) bond motifs is 1. The Kier molecular flexibility index (Phi) is 6.13. The van der Waals surface area contributed by atoms with Crippen molar-refractivity contribution in [3.63, 3.8) is 0 Å². The SMILES string of the molecule is COc1ccc(-n2c(SCc3nc(-c4ccc(Cl)cc4)oc3C)nc3ccccc3c2=O)cc1. The molecule has 34 heavy (non-hydrogen) atoms. The fourth-order valence-electron chi connectivity index (χ4n) is 3.58. The van der Waals surface area contributed by atoms with E-state index in [0.29, 0.717) is 44.2 Å². The molecule has 0 bridgehead atoms. The highest BCUT2D eigenvalue weighted by molar-refractivity contribution is 7.98. The van der Waals surface area contributed by atoms with Crippen LogP contribution < -0.4 is 10.3 Å². The first-order chi connectivity index (χ1) is 16.5. The molecular weight excluding hydrogens is 470 g/mol. The molecule has 3 aromatic carbocycles. The summed E-state index contributed by atoms with van der Waals surface area (Å²) in [5.74, 6) is 2.46. The van der Waals surface area contributed by atoms with Crippen LogP contribution in [-0.4, -0.2) is 21.6 Å². The lowest BCUT2D eigenvalue weighted by molar-refractivity contribution is 0.414. The number of hydrogen-bond acceptors (Lipinski definition) is 6. The Hall–Kier alpha value is -3.55. The standard InChI is InChI=1S/C26H20ClN3O3S/c1-16-23(28-24(33-16)17-7-9-18(27)10-8-17)15-34-26-29-22-6-4-3-5-21(22)25(31)30(26)19-11-13-20(32-2)14-12-19/h3-14H,15H2,1-2H3. The number of hydrogen-bond donors (Lipinski definition) is 0. The first kappa shape index (κ1) is 22.3. The molecule has 2 aromatic heterocycles. The van der Waals surface area contributed by atoms with E-state index in [1.54, 1.807) is 29.9 Å². The summed E-state index contributed by atoms with van der Waals surface area (Å²) in [6.07, 6.45) is 0. The van der Waals surface area contributed by atoms with E-state index in [9.17, 15) is 4.79 Å². The molecule has 0 spiro atoms. The number of thioether (sulfide) groups is 1. The van der Waals surface area contributed by atoms with Gasteiger partial charge in [0.05, 0.1) is 29.4 Å². The summed E-state index contributed by atoms with van der Waals surface area (Å²) >= 11 is 7.43. The topological polar surface area (TPSA) is 70.2 Å². The molecule has 0 N–H and O–H groups in total. The number of rotatable bonds is 6. The summed E-state index contributed by atoms with van der Waals surface area (Å²) in [6, 6.07) is 22.0. The second kappa shape index (κ2) is 9.37. The summed E-state index contributed by atoms with van der Waals surface area (Å²) in [7, 11) is 1.61. The monoisotopic (exact) mass is 489 g/mol. The lowest BCUT2D eigenvalue weighted by atomic mass is 10.2. The van der Waals surface area contributed by atoms with Crippen molar-refractivity contribution in [2.45, 2.75) is 17.8 Å². The number of benzene rings is 3. The summed E-state index contributed by atoms with van der Waals surface area (Å²) in [6.45, 7) is 1.88. The van der Waals surface area contributed by atoms with Gasteiger partial charge in [-0.2, -0.15) is 0 Å². The van der Waals surface area contributed by atoms with E-state index < -0.39 is 0 Å². The van der Waals surface area contributed by atoms with Crippen molar-refractivity contribution < 1.29 is 9.15 Å². The number of methoxy groups -OCH3 is 1. The van der Waals surface area contributed by atoms with Crippen LogP contribution in [0.2, 0.25) is 5.02 Å². The van der Waals surface area contributed by atoms with E-state index in [4.69, 9.17) is 25.7 Å². The predicted octanol–water partition coefficient (Wildman–Crippen LogP) is 6.30. The number of para-hydroxylation sites is 1. The van der Waals surface area contributed by atoms with Gasteiger partial charge in [0.2, 0.25) is 5.89 Å².